The van der Waals surface area contributed by atoms with Crippen molar-refractivity contribution in [2.75, 3.05) is 6.61 Å². The Morgan fingerprint density at radius 1 is 1.00 bits per heavy atom. The normalized spacial score (nSPS) is 18.4. The first-order valence-corrected chi connectivity index (χ1v) is 11.1. The SMILES string of the molecule is NN/C(C(=O)O)=C(\N)OC1CCCCC1.c1ccc(OCCC2CCCCC2)cc1. The minimum Gasteiger partial charge on any atom is -0.494 e. The van der Waals surface area contributed by atoms with Crippen molar-refractivity contribution in [2.45, 2.75) is 76.7 Å². The standard InChI is InChI=1S/C14H20O.C9H17N3O3/c1-3-7-13(8-4-1)11-12-15-14-9-5-2-6-10-14;10-8(7(12-11)9(13)14)15-6-4-2-1-3-5-6/h2,5-6,9-10,13H,1,3-4,7-8,11-12H2;6,12H,1-5,10-11H2,(H,13,14)/b;8-7+. The number of hydrogen-bond donors (Lipinski definition) is 4. The molecule has 0 unspecified atom stereocenters. The Hall–Kier alpha value is -2.41. The molecule has 168 valence electrons. The first kappa shape index (κ1) is 23.9. The van der Waals surface area contributed by atoms with E-state index in [-0.39, 0.29) is 17.7 Å². The van der Waals surface area contributed by atoms with Crippen molar-refractivity contribution in [3.63, 3.8) is 0 Å². The smallest absolute Gasteiger partial charge is 0.358 e. The van der Waals surface area contributed by atoms with Gasteiger partial charge in [-0.15, -0.1) is 0 Å². The zero-order valence-corrected chi connectivity index (χ0v) is 17.9. The molecule has 0 aromatic heterocycles. The number of aliphatic carboxylic acids is 1. The third-order valence-corrected chi connectivity index (χ3v) is 5.71. The highest BCUT2D eigenvalue weighted by atomic mass is 16.5. The fourth-order valence-electron chi connectivity index (χ4n) is 4.00. The largest absolute Gasteiger partial charge is 0.494 e. The topological polar surface area (TPSA) is 120 Å². The lowest BCUT2D eigenvalue weighted by Gasteiger charge is -2.23. The van der Waals surface area contributed by atoms with Crippen molar-refractivity contribution >= 4 is 5.97 Å². The van der Waals surface area contributed by atoms with Crippen LogP contribution in [0.2, 0.25) is 0 Å². The Morgan fingerprint density at radius 2 is 1.60 bits per heavy atom. The van der Waals surface area contributed by atoms with Crippen molar-refractivity contribution in [1.82, 2.24) is 5.43 Å². The number of hydrogen-bond acceptors (Lipinski definition) is 6. The van der Waals surface area contributed by atoms with Gasteiger partial charge in [0.1, 0.15) is 11.9 Å². The van der Waals surface area contributed by atoms with Crippen LogP contribution < -0.4 is 21.7 Å². The number of para-hydroxylation sites is 1. The lowest BCUT2D eigenvalue weighted by molar-refractivity contribution is -0.133. The molecule has 7 nitrogen and oxygen atoms in total. The van der Waals surface area contributed by atoms with E-state index in [0.717, 1.165) is 44.0 Å². The van der Waals surface area contributed by atoms with E-state index in [0.29, 0.717) is 0 Å². The Bertz CT molecular complexity index is 639. The molecule has 30 heavy (non-hydrogen) atoms. The van der Waals surface area contributed by atoms with E-state index < -0.39 is 5.97 Å². The van der Waals surface area contributed by atoms with Crippen molar-refractivity contribution in [3.05, 3.63) is 41.9 Å². The van der Waals surface area contributed by atoms with Crippen LogP contribution >= 0.6 is 0 Å². The van der Waals surface area contributed by atoms with Crippen molar-refractivity contribution in [1.29, 1.82) is 0 Å². The molecule has 0 radical (unpaired) electrons. The van der Waals surface area contributed by atoms with Gasteiger partial charge in [0.25, 0.3) is 0 Å². The molecule has 0 spiro atoms. The summed E-state index contributed by atoms with van der Waals surface area (Å²) >= 11 is 0. The van der Waals surface area contributed by atoms with Crippen LogP contribution in [0.15, 0.2) is 41.9 Å². The minimum atomic E-state index is -1.22. The predicted molar refractivity (Wildman–Crippen MR) is 117 cm³/mol. The maximum atomic E-state index is 10.7. The van der Waals surface area contributed by atoms with Crippen LogP contribution in [0, 0.1) is 5.92 Å². The predicted octanol–water partition coefficient (Wildman–Crippen LogP) is 4.05. The number of carboxylic acid groups (broad SMARTS) is 1. The molecule has 0 aliphatic heterocycles. The van der Waals surface area contributed by atoms with E-state index in [1.54, 1.807) is 0 Å². The molecular formula is C23H37N3O4. The Labute approximate surface area is 179 Å². The fourth-order valence-corrected chi connectivity index (χ4v) is 4.00. The fraction of sp³-hybridized carbons (Fsp3) is 0.609. The number of rotatable bonds is 8. The van der Waals surface area contributed by atoms with E-state index in [1.165, 1.54) is 44.9 Å². The number of carbonyl (C=O) groups is 1. The Morgan fingerprint density at radius 3 is 2.17 bits per heavy atom. The molecule has 2 aliphatic carbocycles. The summed E-state index contributed by atoms with van der Waals surface area (Å²) in [6.07, 6.45) is 13.6. The van der Waals surface area contributed by atoms with Gasteiger partial charge >= 0.3 is 5.97 Å². The molecule has 0 heterocycles. The molecule has 2 saturated carbocycles. The summed E-state index contributed by atoms with van der Waals surface area (Å²) in [6.45, 7) is 0.884. The monoisotopic (exact) mass is 419 g/mol. The van der Waals surface area contributed by atoms with Gasteiger partial charge in [0, 0.05) is 0 Å². The highest BCUT2D eigenvalue weighted by molar-refractivity contribution is 5.86. The van der Waals surface area contributed by atoms with Crippen LogP contribution in [-0.2, 0) is 9.53 Å². The first-order chi connectivity index (χ1) is 14.6. The van der Waals surface area contributed by atoms with Crippen LogP contribution in [0.25, 0.3) is 0 Å². The number of nitrogens with one attached hydrogen (secondary N) is 1. The molecule has 0 amide bonds. The van der Waals surface area contributed by atoms with Gasteiger partial charge in [-0.1, -0.05) is 56.7 Å². The van der Waals surface area contributed by atoms with Gasteiger partial charge in [-0.05, 0) is 50.2 Å². The van der Waals surface area contributed by atoms with Gasteiger partial charge in [0.15, 0.2) is 5.70 Å². The van der Waals surface area contributed by atoms with Crippen molar-refractivity contribution in [3.8, 4) is 5.75 Å². The lowest BCUT2D eigenvalue weighted by atomic mass is 9.87. The first-order valence-electron chi connectivity index (χ1n) is 11.1. The molecule has 0 saturated heterocycles. The maximum Gasteiger partial charge on any atom is 0.358 e. The summed E-state index contributed by atoms with van der Waals surface area (Å²) in [7, 11) is 0. The summed E-state index contributed by atoms with van der Waals surface area (Å²) in [5.41, 5.74) is 7.22. The van der Waals surface area contributed by atoms with Crippen molar-refractivity contribution < 1.29 is 19.4 Å². The van der Waals surface area contributed by atoms with Gasteiger partial charge in [0.2, 0.25) is 5.88 Å². The number of ether oxygens (including phenoxy) is 2. The van der Waals surface area contributed by atoms with E-state index >= 15 is 0 Å². The van der Waals surface area contributed by atoms with E-state index in [1.807, 2.05) is 35.8 Å². The zero-order chi connectivity index (χ0) is 21.6. The number of hydrazine groups is 1. The molecule has 2 aliphatic rings. The van der Waals surface area contributed by atoms with Crippen LogP contribution in [0.1, 0.15) is 70.6 Å². The van der Waals surface area contributed by atoms with E-state index in [2.05, 4.69) is 0 Å². The minimum absolute atomic E-state index is 0.0152. The van der Waals surface area contributed by atoms with Gasteiger partial charge in [-0.25, -0.2) is 4.79 Å². The third-order valence-electron chi connectivity index (χ3n) is 5.71. The van der Waals surface area contributed by atoms with Crippen LogP contribution in [0.3, 0.4) is 0 Å². The second-order valence-corrected chi connectivity index (χ2v) is 8.02. The molecule has 0 atom stereocenters. The van der Waals surface area contributed by atoms with Gasteiger partial charge < -0.3 is 25.7 Å². The molecule has 6 N–H and O–H groups in total. The number of carboxylic acids is 1. The van der Waals surface area contributed by atoms with Gasteiger partial charge in [-0.3, -0.25) is 5.84 Å². The van der Waals surface area contributed by atoms with Crippen molar-refractivity contribution in [2.24, 2.45) is 17.5 Å². The summed E-state index contributed by atoms with van der Waals surface area (Å²) in [5.74, 6) is 5.60. The molecule has 7 heteroatoms. The molecule has 1 aromatic carbocycles. The molecule has 2 fully saturated rings. The maximum absolute atomic E-state index is 10.7. The summed E-state index contributed by atoms with van der Waals surface area (Å²) in [5, 5.41) is 8.71. The summed E-state index contributed by atoms with van der Waals surface area (Å²) < 4.78 is 11.0. The quantitative estimate of drug-likeness (QED) is 0.217. The highest BCUT2D eigenvalue weighted by Crippen LogP contribution is 2.26. The summed E-state index contributed by atoms with van der Waals surface area (Å²) in [6, 6.07) is 10.1. The Kier molecular flexibility index (Phi) is 10.9. The Balaban J connectivity index is 0.000000214. The zero-order valence-electron chi connectivity index (χ0n) is 17.9. The highest BCUT2D eigenvalue weighted by Gasteiger charge is 2.19. The number of benzene rings is 1. The van der Waals surface area contributed by atoms with Crippen LogP contribution in [0.5, 0.6) is 5.75 Å². The molecule has 3 rings (SSSR count). The van der Waals surface area contributed by atoms with E-state index in [4.69, 9.17) is 26.2 Å². The van der Waals surface area contributed by atoms with Gasteiger partial charge in [0.05, 0.1) is 6.61 Å². The average Bonchev–Trinajstić information content (AvgIpc) is 2.77. The van der Waals surface area contributed by atoms with Crippen LogP contribution in [-0.4, -0.2) is 23.8 Å². The second-order valence-electron chi connectivity index (χ2n) is 8.02. The molecule has 0 bridgehead atoms. The lowest BCUT2D eigenvalue weighted by Crippen LogP contribution is -2.32. The van der Waals surface area contributed by atoms with Crippen LogP contribution in [0.4, 0.5) is 0 Å². The average molecular weight is 420 g/mol. The third kappa shape index (κ3) is 8.95. The van der Waals surface area contributed by atoms with E-state index in [9.17, 15) is 4.79 Å². The second kappa shape index (κ2) is 13.7. The number of nitrogens with two attached hydrogens (primary N) is 2. The molecular weight excluding hydrogens is 382 g/mol. The van der Waals surface area contributed by atoms with Gasteiger partial charge in [-0.2, -0.15) is 0 Å². The summed E-state index contributed by atoms with van der Waals surface area (Å²) in [4.78, 5) is 10.7. The molecule has 1 aromatic rings.